The molecule has 0 radical (unpaired) electrons. The number of rotatable bonds is 6. The molecule has 0 saturated heterocycles. The van der Waals surface area contributed by atoms with Crippen molar-refractivity contribution < 1.29 is 14.7 Å². The third-order valence-corrected chi connectivity index (χ3v) is 4.21. The molecular formula is C20H23NO3. The van der Waals surface area contributed by atoms with Crippen LogP contribution in [-0.4, -0.2) is 41.4 Å². The summed E-state index contributed by atoms with van der Waals surface area (Å²) < 4.78 is 0. The van der Waals surface area contributed by atoms with Crippen LogP contribution in [0.2, 0.25) is 0 Å². The van der Waals surface area contributed by atoms with Crippen LogP contribution in [0.15, 0.2) is 42.5 Å². The van der Waals surface area contributed by atoms with Crippen molar-refractivity contribution >= 4 is 11.7 Å². The maximum Gasteiger partial charge on any atom is 0.254 e. The van der Waals surface area contributed by atoms with Crippen LogP contribution in [0, 0.1) is 13.8 Å². The van der Waals surface area contributed by atoms with E-state index < -0.39 is 0 Å². The van der Waals surface area contributed by atoms with Gasteiger partial charge in [-0.2, -0.15) is 0 Å². The highest BCUT2D eigenvalue weighted by atomic mass is 16.3. The third-order valence-electron chi connectivity index (χ3n) is 4.21. The number of ketones is 1. The number of carbonyl (C=O) groups excluding carboxylic acids is 2. The first kappa shape index (κ1) is 17.9. The summed E-state index contributed by atoms with van der Waals surface area (Å²) >= 11 is 0. The fourth-order valence-corrected chi connectivity index (χ4v) is 2.60. The highest BCUT2D eigenvalue weighted by molar-refractivity contribution is 6.15. The molecule has 4 nitrogen and oxygen atoms in total. The zero-order valence-corrected chi connectivity index (χ0v) is 14.4. The molecule has 0 bridgehead atoms. The molecule has 1 N–H and O–H groups in total. The molecule has 0 aliphatic heterocycles. The van der Waals surface area contributed by atoms with Crippen LogP contribution in [0.5, 0.6) is 0 Å². The number of nitrogens with zero attached hydrogens (tertiary/aromatic N) is 1. The molecule has 2 rings (SSSR count). The highest BCUT2D eigenvalue weighted by Gasteiger charge is 2.21. The summed E-state index contributed by atoms with van der Waals surface area (Å²) in [6.07, 6.45) is 0. The smallest absolute Gasteiger partial charge is 0.254 e. The van der Waals surface area contributed by atoms with Gasteiger partial charge in [-0.1, -0.05) is 30.3 Å². The number of aliphatic hydroxyl groups is 1. The number of amides is 1. The second-order valence-corrected chi connectivity index (χ2v) is 5.78. The molecule has 0 spiro atoms. The van der Waals surface area contributed by atoms with Crippen molar-refractivity contribution in [2.75, 3.05) is 19.7 Å². The molecule has 2 aromatic carbocycles. The molecule has 4 heteroatoms. The first-order chi connectivity index (χ1) is 11.5. The number of aryl methyl sites for hydroxylation is 2. The quantitative estimate of drug-likeness (QED) is 0.831. The highest BCUT2D eigenvalue weighted by Crippen LogP contribution is 2.19. The predicted octanol–water partition coefficient (Wildman–Crippen LogP) is 2.99. The van der Waals surface area contributed by atoms with Crippen molar-refractivity contribution in [3.05, 3.63) is 70.3 Å². The minimum atomic E-state index is -0.237. The molecule has 0 aromatic heterocycles. The Bertz CT molecular complexity index is 752. The standard InChI is InChI=1S/C20H23NO3/c1-4-21(11-12-22)20(24)18-8-6-5-7-17(18)19(23)16-10-9-14(2)15(3)13-16/h5-10,13,22H,4,11-12H2,1-3H3. The first-order valence-electron chi connectivity index (χ1n) is 8.10. The Morgan fingerprint density at radius 1 is 1.00 bits per heavy atom. The molecule has 0 heterocycles. The van der Waals surface area contributed by atoms with E-state index in [9.17, 15) is 9.59 Å². The van der Waals surface area contributed by atoms with Crippen molar-refractivity contribution in [1.29, 1.82) is 0 Å². The van der Waals surface area contributed by atoms with Crippen molar-refractivity contribution in [1.82, 2.24) is 4.90 Å². The Morgan fingerprint density at radius 3 is 2.25 bits per heavy atom. The van der Waals surface area contributed by atoms with E-state index in [4.69, 9.17) is 5.11 Å². The van der Waals surface area contributed by atoms with Crippen LogP contribution in [0.25, 0.3) is 0 Å². The van der Waals surface area contributed by atoms with Gasteiger partial charge >= 0.3 is 0 Å². The summed E-state index contributed by atoms with van der Waals surface area (Å²) in [6.45, 7) is 6.43. The number of hydrogen-bond donors (Lipinski definition) is 1. The van der Waals surface area contributed by atoms with Crippen molar-refractivity contribution in [3.8, 4) is 0 Å². The van der Waals surface area contributed by atoms with Crippen molar-refractivity contribution in [2.24, 2.45) is 0 Å². The summed E-state index contributed by atoms with van der Waals surface area (Å²) in [5, 5.41) is 9.12. The summed E-state index contributed by atoms with van der Waals surface area (Å²) in [5.41, 5.74) is 3.50. The van der Waals surface area contributed by atoms with Gasteiger partial charge in [-0.3, -0.25) is 9.59 Å². The fraction of sp³-hybridized carbons (Fsp3) is 0.300. The first-order valence-corrected chi connectivity index (χ1v) is 8.10. The topological polar surface area (TPSA) is 57.6 Å². The molecule has 24 heavy (non-hydrogen) atoms. The van der Waals surface area contributed by atoms with Gasteiger partial charge < -0.3 is 10.0 Å². The minimum Gasteiger partial charge on any atom is -0.395 e. The van der Waals surface area contributed by atoms with E-state index >= 15 is 0 Å². The Hall–Kier alpha value is -2.46. The molecule has 0 unspecified atom stereocenters. The summed E-state index contributed by atoms with van der Waals surface area (Å²) in [6, 6.07) is 12.4. The lowest BCUT2D eigenvalue weighted by atomic mass is 9.95. The van der Waals surface area contributed by atoms with Crippen LogP contribution >= 0.6 is 0 Å². The maximum absolute atomic E-state index is 12.9. The maximum atomic E-state index is 12.9. The Labute approximate surface area is 142 Å². The van der Waals surface area contributed by atoms with Gasteiger partial charge in [0.15, 0.2) is 5.78 Å². The molecule has 2 aromatic rings. The van der Waals surface area contributed by atoms with Gasteiger partial charge in [-0.25, -0.2) is 0 Å². The van der Waals surface area contributed by atoms with Gasteiger partial charge in [-0.05, 0) is 44.0 Å². The van der Waals surface area contributed by atoms with Gasteiger partial charge in [0.2, 0.25) is 0 Å². The van der Waals surface area contributed by atoms with Gasteiger partial charge in [0, 0.05) is 24.2 Å². The molecule has 0 aliphatic carbocycles. The minimum absolute atomic E-state index is 0.104. The number of hydrogen-bond acceptors (Lipinski definition) is 3. The number of benzene rings is 2. The molecule has 126 valence electrons. The van der Waals surface area contributed by atoms with Crippen molar-refractivity contribution in [3.63, 3.8) is 0 Å². The van der Waals surface area contributed by atoms with Gasteiger partial charge in [0.25, 0.3) is 5.91 Å². The molecule has 0 atom stereocenters. The molecule has 0 saturated carbocycles. The van der Waals surface area contributed by atoms with Crippen molar-refractivity contribution in [2.45, 2.75) is 20.8 Å². The lowest BCUT2D eigenvalue weighted by Gasteiger charge is -2.21. The van der Waals surface area contributed by atoms with E-state index in [1.165, 1.54) is 4.90 Å². The Balaban J connectivity index is 2.42. The van der Waals surface area contributed by atoms with E-state index in [0.717, 1.165) is 11.1 Å². The average molecular weight is 325 g/mol. The summed E-state index contributed by atoms with van der Waals surface area (Å²) in [5.74, 6) is -0.401. The normalized spacial score (nSPS) is 10.5. The molecular weight excluding hydrogens is 302 g/mol. The van der Waals surface area contributed by atoms with Gasteiger partial charge in [0.05, 0.1) is 12.2 Å². The second-order valence-electron chi connectivity index (χ2n) is 5.78. The predicted molar refractivity (Wildman–Crippen MR) is 94.5 cm³/mol. The van der Waals surface area contributed by atoms with Crippen LogP contribution in [0.4, 0.5) is 0 Å². The molecule has 0 fully saturated rings. The average Bonchev–Trinajstić information content (AvgIpc) is 2.60. The summed E-state index contributed by atoms with van der Waals surface area (Å²) in [7, 11) is 0. The summed E-state index contributed by atoms with van der Waals surface area (Å²) in [4.78, 5) is 27.1. The van der Waals surface area contributed by atoms with Crippen LogP contribution in [0.1, 0.15) is 44.3 Å². The van der Waals surface area contributed by atoms with Crippen LogP contribution < -0.4 is 0 Å². The lowest BCUT2D eigenvalue weighted by molar-refractivity contribution is 0.0728. The SMILES string of the molecule is CCN(CCO)C(=O)c1ccccc1C(=O)c1ccc(C)c(C)c1. The zero-order valence-electron chi connectivity index (χ0n) is 14.4. The number of aliphatic hydroxyl groups excluding tert-OH is 1. The Kier molecular flexibility index (Phi) is 5.88. The number of carbonyl (C=O) groups is 2. The van der Waals surface area contributed by atoms with E-state index in [-0.39, 0.29) is 24.8 Å². The van der Waals surface area contributed by atoms with E-state index in [0.29, 0.717) is 23.2 Å². The van der Waals surface area contributed by atoms with Gasteiger partial charge in [-0.15, -0.1) is 0 Å². The lowest BCUT2D eigenvalue weighted by Crippen LogP contribution is -2.34. The Morgan fingerprint density at radius 2 is 1.67 bits per heavy atom. The molecule has 0 aliphatic rings. The largest absolute Gasteiger partial charge is 0.395 e. The van der Waals surface area contributed by atoms with Crippen LogP contribution in [-0.2, 0) is 0 Å². The third kappa shape index (κ3) is 3.71. The second kappa shape index (κ2) is 7.88. The van der Waals surface area contributed by atoms with E-state index in [1.54, 1.807) is 30.3 Å². The number of likely N-dealkylation sites (N-methyl/N-ethyl adjacent to an activating group) is 1. The van der Waals surface area contributed by atoms with E-state index in [2.05, 4.69) is 0 Å². The van der Waals surface area contributed by atoms with Crippen LogP contribution in [0.3, 0.4) is 0 Å². The van der Waals surface area contributed by atoms with Gasteiger partial charge in [0.1, 0.15) is 0 Å². The molecule has 1 amide bonds. The van der Waals surface area contributed by atoms with E-state index in [1.807, 2.05) is 32.9 Å². The monoisotopic (exact) mass is 325 g/mol. The zero-order chi connectivity index (χ0) is 17.7. The fourth-order valence-electron chi connectivity index (χ4n) is 2.60.